The van der Waals surface area contributed by atoms with E-state index in [-0.39, 0.29) is 5.41 Å². The molecule has 0 aliphatic heterocycles. The quantitative estimate of drug-likeness (QED) is 0.763. The highest BCUT2D eigenvalue weighted by Gasteiger charge is 2.26. The molecule has 0 aliphatic rings. The van der Waals surface area contributed by atoms with Gasteiger partial charge < -0.3 is 4.98 Å². The minimum atomic E-state index is -0.201. The molecule has 0 radical (unpaired) electrons. The molecule has 0 atom stereocenters. The summed E-state index contributed by atoms with van der Waals surface area (Å²) in [5.74, 6) is 0.911. The van der Waals surface area contributed by atoms with Crippen LogP contribution in [0, 0.1) is 11.3 Å². The minimum absolute atomic E-state index is 0.201. The number of nitriles is 1. The monoisotopic (exact) mass is 261 g/mol. The van der Waals surface area contributed by atoms with E-state index in [2.05, 4.69) is 42.0 Å². The summed E-state index contributed by atoms with van der Waals surface area (Å²) in [5, 5.41) is 8.96. The van der Waals surface area contributed by atoms with E-state index in [1.54, 1.807) is 6.07 Å². The van der Waals surface area contributed by atoms with Crippen molar-refractivity contribution >= 4 is 11.0 Å². The molecule has 1 aromatic heterocycles. The molecule has 1 N–H and O–H groups in total. The largest absolute Gasteiger partial charge is 0.341 e. The van der Waals surface area contributed by atoms with Crippen molar-refractivity contribution in [3.05, 3.63) is 65.5 Å². The number of nitrogens with one attached hydrogen (secondary N) is 1. The fourth-order valence-electron chi connectivity index (χ4n) is 2.37. The molecule has 0 saturated carbocycles. The molecule has 0 saturated heterocycles. The second kappa shape index (κ2) is 4.50. The number of hydrogen-bond acceptors (Lipinski definition) is 2. The van der Waals surface area contributed by atoms with Crippen LogP contribution < -0.4 is 0 Å². The van der Waals surface area contributed by atoms with Crippen molar-refractivity contribution in [2.24, 2.45) is 0 Å². The first-order chi connectivity index (χ1) is 9.61. The van der Waals surface area contributed by atoms with Crippen LogP contribution in [0.2, 0.25) is 0 Å². The SMILES string of the molecule is CC(C)(c1ccccc1)c1nc2ccc(C#N)cc2[nH]1. The van der Waals surface area contributed by atoms with E-state index in [4.69, 9.17) is 5.26 Å². The van der Waals surface area contributed by atoms with Crippen molar-refractivity contribution in [1.29, 1.82) is 5.26 Å². The maximum atomic E-state index is 8.96. The van der Waals surface area contributed by atoms with E-state index in [1.165, 1.54) is 5.56 Å². The van der Waals surface area contributed by atoms with Crippen molar-refractivity contribution in [3.63, 3.8) is 0 Å². The fraction of sp³-hybridized carbons (Fsp3) is 0.176. The molecule has 3 nitrogen and oxygen atoms in total. The van der Waals surface area contributed by atoms with Gasteiger partial charge in [0.15, 0.2) is 0 Å². The molecule has 0 bridgehead atoms. The van der Waals surface area contributed by atoms with E-state index >= 15 is 0 Å². The Morgan fingerprint density at radius 2 is 1.85 bits per heavy atom. The van der Waals surface area contributed by atoms with Crippen LogP contribution in [-0.4, -0.2) is 9.97 Å². The summed E-state index contributed by atoms with van der Waals surface area (Å²) in [5.41, 5.74) is 3.45. The zero-order chi connectivity index (χ0) is 14.2. The maximum absolute atomic E-state index is 8.96. The van der Waals surface area contributed by atoms with Gasteiger partial charge in [0.1, 0.15) is 5.82 Å². The van der Waals surface area contributed by atoms with E-state index in [9.17, 15) is 0 Å². The number of rotatable bonds is 2. The molecule has 0 spiro atoms. The molecule has 3 rings (SSSR count). The van der Waals surface area contributed by atoms with Crippen molar-refractivity contribution in [1.82, 2.24) is 9.97 Å². The van der Waals surface area contributed by atoms with Gasteiger partial charge in [-0.2, -0.15) is 5.26 Å². The lowest BCUT2D eigenvalue weighted by Crippen LogP contribution is -2.20. The van der Waals surface area contributed by atoms with Gasteiger partial charge in [-0.3, -0.25) is 0 Å². The number of aromatic amines is 1. The summed E-state index contributed by atoms with van der Waals surface area (Å²) < 4.78 is 0. The molecule has 1 heterocycles. The predicted octanol–water partition coefficient (Wildman–Crippen LogP) is 3.76. The maximum Gasteiger partial charge on any atom is 0.117 e. The van der Waals surface area contributed by atoms with Crippen LogP contribution in [0.5, 0.6) is 0 Å². The number of fused-ring (bicyclic) bond motifs is 1. The average Bonchev–Trinajstić information content (AvgIpc) is 2.91. The zero-order valence-electron chi connectivity index (χ0n) is 11.5. The van der Waals surface area contributed by atoms with Gasteiger partial charge in [0.2, 0.25) is 0 Å². The number of hydrogen-bond donors (Lipinski definition) is 1. The van der Waals surface area contributed by atoms with Gasteiger partial charge >= 0.3 is 0 Å². The van der Waals surface area contributed by atoms with Gasteiger partial charge in [-0.15, -0.1) is 0 Å². The van der Waals surface area contributed by atoms with E-state index in [0.29, 0.717) is 5.56 Å². The first-order valence-electron chi connectivity index (χ1n) is 6.57. The molecule has 3 heteroatoms. The van der Waals surface area contributed by atoms with Gasteiger partial charge in [0.05, 0.1) is 22.7 Å². The van der Waals surface area contributed by atoms with Crippen molar-refractivity contribution in [3.8, 4) is 6.07 Å². The molecule has 0 unspecified atom stereocenters. The molecule has 2 aromatic carbocycles. The van der Waals surface area contributed by atoms with E-state index in [0.717, 1.165) is 16.9 Å². The third-order valence-electron chi connectivity index (χ3n) is 3.70. The Morgan fingerprint density at radius 1 is 1.10 bits per heavy atom. The number of nitrogens with zero attached hydrogens (tertiary/aromatic N) is 2. The molecule has 0 aliphatic carbocycles. The summed E-state index contributed by atoms with van der Waals surface area (Å²) >= 11 is 0. The average molecular weight is 261 g/mol. The number of aromatic nitrogens is 2. The lowest BCUT2D eigenvalue weighted by molar-refractivity contribution is 0.601. The summed E-state index contributed by atoms with van der Waals surface area (Å²) in [7, 11) is 0. The smallest absolute Gasteiger partial charge is 0.117 e. The molecule has 98 valence electrons. The van der Waals surface area contributed by atoms with Crippen LogP contribution in [0.3, 0.4) is 0 Å². The third-order valence-corrected chi connectivity index (χ3v) is 3.70. The highest BCUT2D eigenvalue weighted by molar-refractivity contribution is 5.77. The standard InChI is InChI=1S/C17H15N3/c1-17(2,13-6-4-3-5-7-13)16-19-14-9-8-12(11-18)10-15(14)20-16/h3-10H,1-2H3,(H,19,20). The van der Waals surface area contributed by atoms with Gasteiger partial charge in [0, 0.05) is 5.41 Å². The topological polar surface area (TPSA) is 52.5 Å². The molecule has 0 fully saturated rings. The minimum Gasteiger partial charge on any atom is -0.341 e. The first-order valence-corrected chi connectivity index (χ1v) is 6.57. The molecular formula is C17H15N3. The fourth-order valence-corrected chi connectivity index (χ4v) is 2.37. The Labute approximate surface area is 117 Å². The number of imidazole rings is 1. The van der Waals surface area contributed by atoms with Gasteiger partial charge in [0.25, 0.3) is 0 Å². The highest BCUT2D eigenvalue weighted by atomic mass is 14.9. The summed E-state index contributed by atoms with van der Waals surface area (Å²) in [6, 6.07) is 18.0. The Hall–Kier alpha value is -2.60. The molecule has 0 amide bonds. The van der Waals surface area contributed by atoms with Gasteiger partial charge in [-0.05, 0) is 37.6 Å². The Balaban J connectivity index is 2.12. The highest BCUT2D eigenvalue weighted by Crippen LogP contribution is 2.30. The van der Waals surface area contributed by atoms with Crippen LogP contribution in [0.15, 0.2) is 48.5 Å². The summed E-state index contributed by atoms with van der Waals surface area (Å²) in [6.45, 7) is 4.29. The van der Waals surface area contributed by atoms with Crippen LogP contribution in [0.1, 0.15) is 30.8 Å². The zero-order valence-corrected chi connectivity index (χ0v) is 11.5. The van der Waals surface area contributed by atoms with Crippen molar-refractivity contribution in [2.45, 2.75) is 19.3 Å². The van der Waals surface area contributed by atoms with Crippen LogP contribution in [0.4, 0.5) is 0 Å². The second-order valence-corrected chi connectivity index (χ2v) is 5.42. The lowest BCUT2D eigenvalue weighted by Gasteiger charge is -2.22. The Morgan fingerprint density at radius 3 is 2.55 bits per heavy atom. The Bertz CT molecular complexity index is 792. The molecule has 3 aromatic rings. The predicted molar refractivity (Wildman–Crippen MR) is 79.4 cm³/mol. The summed E-state index contributed by atoms with van der Waals surface area (Å²) in [4.78, 5) is 8.02. The van der Waals surface area contributed by atoms with E-state index < -0.39 is 0 Å². The number of H-pyrrole nitrogens is 1. The van der Waals surface area contributed by atoms with Gasteiger partial charge in [-0.25, -0.2) is 4.98 Å². The van der Waals surface area contributed by atoms with Crippen molar-refractivity contribution in [2.75, 3.05) is 0 Å². The molecular weight excluding hydrogens is 246 g/mol. The molecule has 20 heavy (non-hydrogen) atoms. The van der Waals surface area contributed by atoms with Gasteiger partial charge in [-0.1, -0.05) is 30.3 Å². The normalized spacial score (nSPS) is 11.4. The Kier molecular flexibility index (Phi) is 2.80. The first kappa shape index (κ1) is 12.4. The van der Waals surface area contributed by atoms with Crippen LogP contribution in [-0.2, 0) is 5.41 Å². The second-order valence-electron chi connectivity index (χ2n) is 5.42. The van der Waals surface area contributed by atoms with Crippen LogP contribution in [0.25, 0.3) is 11.0 Å². The number of benzene rings is 2. The summed E-state index contributed by atoms with van der Waals surface area (Å²) in [6.07, 6.45) is 0. The lowest BCUT2D eigenvalue weighted by atomic mass is 9.84. The van der Waals surface area contributed by atoms with Crippen molar-refractivity contribution < 1.29 is 0 Å². The van der Waals surface area contributed by atoms with E-state index in [1.807, 2.05) is 30.3 Å². The van der Waals surface area contributed by atoms with Crippen LogP contribution >= 0.6 is 0 Å². The third kappa shape index (κ3) is 1.96.